The van der Waals surface area contributed by atoms with Gasteiger partial charge in [0.2, 0.25) is 0 Å². The third kappa shape index (κ3) is 4.73. The SMILES string of the molecule is CN(C)C(=O)c1ccccc1CC(=O)OC(C)(C)C. The lowest BCUT2D eigenvalue weighted by Crippen LogP contribution is -2.27. The van der Waals surface area contributed by atoms with E-state index in [0.29, 0.717) is 11.1 Å². The third-order valence-corrected chi connectivity index (χ3v) is 2.41. The molecule has 1 aromatic carbocycles. The van der Waals surface area contributed by atoms with Crippen molar-refractivity contribution in [2.24, 2.45) is 0 Å². The van der Waals surface area contributed by atoms with Crippen LogP contribution in [0, 0.1) is 0 Å². The number of carbonyl (C=O) groups excluding carboxylic acids is 2. The monoisotopic (exact) mass is 263 g/mol. The minimum absolute atomic E-state index is 0.104. The minimum atomic E-state index is -0.516. The number of nitrogens with zero attached hydrogens (tertiary/aromatic N) is 1. The summed E-state index contributed by atoms with van der Waals surface area (Å²) in [7, 11) is 3.37. The van der Waals surface area contributed by atoms with Crippen molar-refractivity contribution >= 4 is 11.9 Å². The summed E-state index contributed by atoms with van der Waals surface area (Å²) in [5.41, 5.74) is 0.714. The Hall–Kier alpha value is -1.84. The molecule has 0 fully saturated rings. The van der Waals surface area contributed by atoms with Gasteiger partial charge in [-0.15, -0.1) is 0 Å². The average Bonchev–Trinajstić information content (AvgIpc) is 2.26. The number of amides is 1. The van der Waals surface area contributed by atoms with E-state index >= 15 is 0 Å². The lowest BCUT2D eigenvalue weighted by molar-refractivity contribution is -0.153. The fraction of sp³-hybridized carbons (Fsp3) is 0.467. The van der Waals surface area contributed by atoms with Crippen molar-refractivity contribution in [3.8, 4) is 0 Å². The highest BCUT2D eigenvalue weighted by Crippen LogP contribution is 2.14. The van der Waals surface area contributed by atoms with E-state index in [4.69, 9.17) is 4.74 Å². The van der Waals surface area contributed by atoms with Crippen LogP contribution in [-0.2, 0) is 16.0 Å². The molecule has 0 spiro atoms. The van der Waals surface area contributed by atoms with Gasteiger partial charge in [0.1, 0.15) is 5.60 Å². The molecule has 1 amide bonds. The molecule has 4 nitrogen and oxygen atoms in total. The normalized spacial score (nSPS) is 11.0. The molecule has 0 saturated heterocycles. The zero-order valence-electron chi connectivity index (χ0n) is 12.2. The molecule has 0 aromatic heterocycles. The Balaban J connectivity index is 2.90. The van der Waals surface area contributed by atoms with Gasteiger partial charge in [-0.05, 0) is 32.4 Å². The molecule has 19 heavy (non-hydrogen) atoms. The Morgan fingerprint density at radius 2 is 1.74 bits per heavy atom. The van der Waals surface area contributed by atoms with Crippen LogP contribution in [0.4, 0.5) is 0 Å². The summed E-state index contributed by atoms with van der Waals surface area (Å²) in [5.74, 6) is -0.439. The first-order chi connectivity index (χ1) is 8.70. The first kappa shape index (κ1) is 15.2. The van der Waals surface area contributed by atoms with Crippen molar-refractivity contribution in [1.82, 2.24) is 4.90 Å². The van der Waals surface area contributed by atoms with Crippen molar-refractivity contribution in [3.05, 3.63) is 35.4 Å². The number of esters is 1. The fourth-order valence-corrected chi connectivity index (χ4v) is 1.66. The lowest BCUT2D eigenvalue weighted by atomic mass is 10.0. The largest absolute Gasteiger partial charge is 0.460 e. The maximum Gasteiger partial charge on any atom is 0.310 e. The van der Waals surface area contributed by atoms with Crippen LogP contribution in [0.3, 0.4) is 0 Å². The highest BCUT2D eigenvalue weighted by molar-refractivity contribution is 5.96. The molecule has 0 atom stereocenters. The number of ether oxygens (including phenoxy) is 1. The summed E-state index contributed by atoms with van der Waals surface area (Å²) in [6.07, 6.45) is 0.104. The van der Waals surface area contributed by atoms with Crippen LogP contribution in [0.15, 0.2) is 24.3 Å². The van der Waals surface area contributed by atoms with Gasteiger partial charge in [0, 0.05) is 19.7 Å². The summed E-state index contributed by atoms with van der Waals surface area (Å²) in [6, 6.07) is 7.10. The summed E-state index contributed by atoms with van der Waals surface area (Å²) in [5, 5.41) is 0. The van der Waals surface area contributed by atoms with Gasteiger partial charge in [0.15, 0.2) is 0 Å². The molecule has 1 rings (SSSR count). The summed E-state index contributed by atoms with van der Waals surface area (Å²) < 4.78 is 5.27. The third-order valence-electron chi connectivity index (χ3n) is 2.41. The summed E-state index contributed by atoms with van der Waals surface area (Å²) >= 11 is 0. The molecule has 104 valence electrons. The second kappa shape index (κ2) is 5.87. The lowest BCUT2D eigenvalue weighted by Gasteiger charge is -2.20. The zero-order valence-corrected chi connectivity index (χ0v) is 12.2. The van der Waals surface area contributed by atoms with Crippen LogP contribution < -0.4 is 0 Å². The van der Waals surface area contributed by atoms with Gasteiger partial charge in [-0.2, -0.15) is 0 Å². The van der Waals surface area contributed by atoms with E-state index in [0.717, 1.165) is 0 Å². The maximum atomic E-state index is 12.0. The molecule has 4 heteroatoms. The van der Waals surface area contributed by atoms with E-state index in [1.54, 1.807) is 32.3 Å². The van der Waals surface area contributed by atoms with Gasteiger partial charge in [0.05, 0.1) is 6.42 Å². The number of carbonyl (C=O) groups is 2. The Morgan fingerprint density at radius 3 is 2.26 bits per heavy atom. The van der Waals surface area contributed by atoms with E-state index in [1.807, 2.05) is 26.8 Å². The number of hydrogen-bond acceptors (Lipinski definition) is 3. The predicted octanol–water partition coefficient (Wildman–Crippen LogP) is 2.27. The number of benzene rings is 1. The van der Waals surface area contributed by atoms with Gasteiger partial charge >= 0.3 is 5.97 Å². The van der Waals surface area contributed by atoms with E-state index in [9.17, 15) is 9.59 Å². The van der Waals surface area contributed by atoms with Gasteiger partial charge in [-0.3, -0.25) is 9.59 Å². The first-order valence-corrected chi connectivity index (χ1v) is 6.22. The second-order valence-corrected chi connectivity index (χ2v) is 5.62. The van der Waals surface area contributed by atoms with E-state index < -0.39 is 5.60 Å². The molecule has 0 radical (unpaired) electrons. The Labute approximate surface area is 114 Å². The molecular formula is C15H21NO3. The van der Waals surface area contributed by atoms with Crippen molar-refractivity contribution < 1.29 is 14.3 Å². The quantitative estimate of drug-likeness (QED) is 0.786. The fourth-order valence-electron chi connectivity index (χ4n) is 1.66. The summed E-state index contributed by atoms with van der Waals surface area (Å²) in [6.45, 7) is 5.46. The van der Waals surface area contributed by atoms with Gasteiger partial charge < -0.3 is 9.64 Å². The smallest absolute Gasteiger partial charge is 0.310 e. The number of hydrogen-bond donors (Lipinski definition) is 0. The highest BCUT2D eigenvalue weighted by Gasteiger charge is 2.19. The van der Waals surface area contributed by atoms with Gasteiger partial charge in [0.25, 0.3) is 5.91 Å². The van der Waals surface area contributed by atoms with Crippen LogP contribution in [-0.4, -0.2) is 36.5 Å². The molecule has 0 aliphatic carbocycles. The van der Waals surface area contributed by atoms with E-state index in [1.165, 1.54) is 4.90 Å². The molecule has 0 N–H and O–H groups in total. The predicted molar refractivity (Wildman–Crippen MR) is 74.0 cm³/mol. The zero-order chi connectivity index (χ0) is 14.6. The first-order valence-electron chi connectivity index (χ1n) is 6.22. The second-order valence-electron chi connectivity index (χ2n) is 5.62. The molecule has 0 bridgehead atoms. The number of rotatable bonds is 3. The van der Waals surface area contributed by atoms with Crippen molar-refractivity contribution in [3.63, 3.8) is 0 Å². The van der Waals surface area contributed by atoms with Crippen LogP contribution >= 0.6 is 0 Å². The Morgan fingerprint density at radius 1 is 1.16 bits per heavy atom. The Bertz CT molecular complexity index is 473. The van der Waals surface area contributed by atoms with Crippen molar-refractivity contribution in [2.45, 2.75) is 32.8 Å². The highest BCUT2D eigenvalue weighted by atomic mass is 16.6. The molecule has 0 unspecified atom stereocenters. The average molecular weight is 263 g/mol. The van der Waals surface area contributed by atoms with Crippen LogP contribution in [0.1, 0.15) is 36.7 Å². The van der Waals surface area contributed by atoms with E-state index in [-0.39, 0.29) is 18.3 Å². The minimum Gasteiger partial charge on any atom is -0.460 e. The van der Waals surface area contributed by atoms with Crippen LogP contribution in [0.25, 0.3) is 0 Å². The van der Waals surface area contributed by atoms with Gasteiger partial charge in [-0.25, -0.2) is 0 Å². The van der Waals surface area contributed by atoms with Crippen molar-refractivity contribution in [2.75, 3.05) is 14.1 Å². The molecule has 0 saturated carbocycles. The van der Waals surface area contributed by atoms with E-state index in [2.05, 4.69) is 0 Å². The topological polar surface area (TPSA) is 46.6 Å². The molecule has 0 aliphatic heterocycles. The molecule has 0 heterocycles. The maximum absolute atomic E-state index is 12.0. The van der Waals surface area contributed by atoms with Crippen LogP contribution in [0.2, 0.25) is 0 Å². The van der Waals surface area contributed by atoms with Crippen molar-refractivity contribution in [1.29, 1.82) is 0 Å². The summed E-state index contributed by atoms with van der Waals surface area (Å²) in [4.78, 5) is 25.3. The molecule has 0 aliphatic rings. The van der Waals surface area contributed by atoms with Crippen LogP contribution in [0.5, 0.6) is 0 Å². The standard InChI is InChI=1S/C15H21NO3/c1-15(2,3)19-13(17)10-11-8-6-7-9-12(11)14(18)16(4)5/h6-9H,10H2,1-5H3. The molecular weight excluding hydrogens is 242 g/mol. The van der Waals surface area contributed by atoms with Gasteiger partial charge in [-0.1, -0.05) is 18.2 Å². The molecule has 1 aromatic rings. The Kier molecular flexibility index (Phi) is 4.70.